The van der Waals surface area contributed by atoms with Gasteiger partial charge >= 0.3 is 0 Å². The monoisotopic (exact) mass is 416 g/mol. The van der Waals surface area contributed by atoms with Crippen molar-refractivity contribution in [3.8, 4) is 11.4 Å². The van der Waals surface area contributed by atoms with E-state index in [2.05, 4.69) is 29.1 Å². The van der Waals surface area contributed by atoms with Gasteiger partial charge in [-0.1, -0.05) is 13.8 Å². The van der Waals surface area contributed by atoms with Crippen molar-refractivity contribution < 1.29 is 9.72 Å². The van der Waals surface area contributed by atoms with Gasteiger partial charge in [-0.25, -0.2) is 4.68 Å². The van der Waals surface area contributed by atoms with Gasteiger partial charge in [0, 0.05) is 47.8 Å². The zero-order valence-electron chi connectivity index (χ0n) is 17.1. The van der Waals surface area contributed by atoms with E-state index in [1.165, 1.54) is 12.1 Å². The molecule has 3 heterocycles. The van der Waals surface area contributed by atoms with Crippen LogP contribution < -0.4 is 5.32 Å². The van der Waals surface area contributed by atoms with Crippen LogP contribution in [-0.2, 0) is 4.79 Å². The van der Waals surface area contributed by atoms with Gasteiger partial charge in [-0.3, -0.25) is 19.9 Å². The number of non-ortho nitro benzene ring substituents is 1. The number of benzene rings is 1. The fourth-order valence-corrected chi connectivity index (χ4v) is 4.32. The SMILES string of the molecule is CC1(C)CC(=O)C2=C(C1)Nc1nc(-c3ccncc3)nn1C2c1ccc([N+](=O)[O-])cc1. The molecule has 5 rings (SSSR count). The number of fused-ring (bicyclic) bond motifs is 1. The van der Waals surface area contributed by atoms with Crippen LogP contribution in [-0.4, -0.2) is 30.5 Å². The maximum absolute atomic E-state index is 13.2. The van der Waals surface area contributed by atoms with Gasteiger partial charge < -0.3 is 5.32 Å². The first-order valence-corrected chi connectivity index (χ1v) is 9.97. The highest BCUT2D eigenvalue weighted by Gasteiger charge is 2.42. The Kier molecular flexibility index (Phi) is 4.21. The number of nitrogens with zero attached hydrogens (tertiary/aromatic N) is 5. The second kappa shape index (κ2) is 6.83. The average Bonchev–Trinajstić information content (AvgIpc) is 3.16. The minimum Gasteiger partial charge on any atom is -0.328 e. The molecule has 1 atom stereocenters. The van der Waals surface area contributed by atoms with E-state index in [1.807, 2.05) is 12.1 Å². The number of carbonyl (C=O) groups is 1. The van der Waals surface area contributed by atoms with Gasteiger partial charge in [0.25, 0.3) is 5.69 Å². The normalized spacial score (nSPS) is 19.4. The number of nitro benzene ring substituents is 1. The summed E-state index contributed by atoms with van der Waals surface area (Å²) < 4.78 is 1.70. The molecule has 9 nitrogen and oxygen atoms in total. The molecule has 9 heteroatoms. The molecule has 0 fully saturated rings. The summed E-state index contributed by atoms with van der Waals surface area (Å²) in [4.78, 5) is 32.6. The van der Waals surface area contributed by atoms with E-state index in [0.717, 1.165) is 16.8 Å². The number of hydrogen-bond donors (Lipinski definition) is 1. The second-order valence-electron chi connectivity index (χ2n) is 8.65. The van der Waals surface area contributed by atoms with Gasteiger partial charge in [-0.15, -0.1) is 5.10 Å². The molecule has 1 unspecified atom stereocenters. The number of carbonyl (C=O) groups excluding carboxylic acids is 1. The number of pyridine rings is 1. The molecular formula is C22H20N6O3. The molecule has 1 N–H and O–H groups in total. The Hall–Kier alpha value is -3.88. The standard InChI is InChI=1S/C22H20N6O3/c1-22(2)11-16-18(17(29)12-22)19(13-3-5-15(6-4-13)28(30)31)27-21(24-16)25-20(26-27)14-7-9-23-10-8-14/h3-10,19H,11-12H2,1-2H3,(H,24,25,26). The molecule has 0 radical (unpaired) electrons. The van der Waals surface area contributed by atoms with Crippen LogP contribution in [0.4, 0.5) is 11.6 Å². The van der Waals surface area contributed by atoms with Crippen molar-refractivity contribution >= 4 is 17.4 Å². The Balaban J connectivity index is 1.67. The topological polar surface area (TPSA) is 116 Å². The third-order valence-corrected chi connectivity index (χ3v) is 5.69. The summed E-state index contributed by atoms with van der Waals surface area (Å²) in [5, 5.41) is 19.1. The molecule has 1 aliphatic heterocycles. The zero-order chi connectivity index (χ0) is 21.8. The summed E-state index contributed by atoms with van der Waals surface area (Å²) in [6.07, 6.45) is 4.48. The molecule has 1 aliphatic carbocycles. The molecular weight excluding hydrogens is 396 g/mol. The highest BCUT2D eigenvalue weighted by molar-refractivity contribution is 6.00. The van der Waals surface area contributed by atoms with Gasteiger partial charge in [-0.2, -0.15) is 4.98 Å². The van der Waals surface area contributed by atoms with E-state index < -0.39 is 11.0 Å². The van der Waals surface area contributed by atoms with E-state index in [4.69, 9.17) is 5.10 Å². The number of rotatable bonds is 3. The summed E-state index contributed by atoms with van der Waals surface area (Å²) in [5.41, 5.74) is 2.88. The lowest BCUT2D eigenvalue weighted by Gasteiger charge is -2.38. The first-order chi connectivity index (χ1) is 14.8. The number of allylic oxidation sites excluding steroid dienone is 2. The molecule has 0 amide bonds. The van der Waals surface area contributed by atoms with Crippen molar-refractivity contribution in [2.75, 3.05) is 5.32 Å². The van der Waals surface area contributed by atoms with Crippen molar-refractivity contribution in [2.45, 2.75) is 32.7 Å². The van der Waals surface area contributed by atoms with Crippen LogP contribution in [0.2, 0.25) is 0 Å². The first kappa shape index (κ1) is 19.1. The summed E-state index contributed by atoms with van der Waals surface area (Å²) >= 11 is 0. The Morgan fingerprint density at radius 2 is 1.84 bits per heavy atom. The first-order valence-electron chi connectivity index (χ1n) is 9.97. The largest absolute Gasteiger partial charge is 0.328 e. The Labute approximate surface area is 178 Å². The van der Waals surface area contributed by atoms with Gasteiger partial charge in [0.05, 0.1) is 4.92 Å². The highest BCUT2D eigenvalue weighted by Crippen LogP contribution is 2.45. The van der Waals surface area contributed by atoms with E-state index in [9.17, 15) is 14.9 Å². The molecule has 0 saturated carbocycles. The molecule has 0 spiro atoms. The van der Waals surface area contributed by atoms with Crippen molar-refractivity contribution in [3.05, 3.63) is 75.7 Å². The van der Waals surface area contributed by atoms with Crippen LogP contribution in [0.5, 0.6) is 0 Å². The van der Waals surface area contributed by atoms with Gasteiger partial charge in [0.1, 0.15) is 6.04 Å². The molecule has 0 bridgehead atoms. The highest BCUT2D eigenvalue weighted by atomic mass is 16.6. The molecule has 156 valence electrons. The quantitative estimate of drug-likeness (QED) is 0.508. The fourth-order valence-electron chi connectivity index (χ4n) is 4.32. The summed E-state index contributed by atoms with van der Waals surface area (Å²) in [6.45, 7) is 4.14. The predicted octanol–water partition coefficient (Wildman–Crippen LogP) is 3.91. The number of aromatic nitrogens is 4. The zero-order valence-corrected chi connectivity index (χ0v) is 17.1. The minimum absolute atomic E-state index is 0.000667. The van der Waals surface area contributed by atoms with Crippen LogP contribution >= 0.6 is 0 Å². The van der Waals surface area contributed by atoms with E-state index in [1.54, 1.807) is 29.2 Å². The lowest BCUT2D eigenvalue weighted by molar-refractivity contribution is -0.384. The number of anilines is 1. The number of Topliss-reactive ketones (excluding diaryl/α,β-unsaturated/α-hetero) is 1. The van der Waals surface area contributed by atoms with Gasteiger partial charge in [0.2, 0.25) is 5.95 Å². The number of nitrogens with one attached hydrogen (secondary N) is 1. The molecule has 3 aromatic rings. The minimum atomic E-state index is -0.501. The third kappa shape index (κ3) is 3.27. The maximum Gasteiger partial charge on any atom is 0.269 e. The lowest BCUT2D eigenvalue weighted by atomic mass is 9.73. The fraction of sp³-hybridized carbons (Fsp3) is 0.273. The maximum atomic E-state index is 13.2. The second-order valence-corrected chi connectivity index (χ2v) is 8.65. The Bertz CT molecular complexity index is 1230. The molecule has 2 aromatic heterocycles. The Morgan fingerprint density at radius 1 is 1.13 bits per heavy atom. The number of nitro groups is 1. The van der Waals surface area contributed by atoms with Crippen LogP contribution in [0.1, 0.15) is 38.3 Å². The van der Waals surface area contributed by atoms with Crippen LogP contribution in [0.3, 0.4) is 0 Å². The molecule has 2 aliphatic rings. The van der Waals surface area contributed by atoms with Gasteiger partial charge in [0.15, 0.2) is 11.6 Å². The third-order valence-electron chi connectivity index (χ3n) is 5.69. The lowest BCUT2D eigenvalue weighted by Crippen LogP contribution is -2.36. The van der Waals surface area contributed by atoms with E-state index in [0.29, 0.717) is 30.2 Å². The van der Waals surface area contributed by atoms with Crippen molar-refractivity contribution in [3.63, 3.8) is 0 Å². The van der Waals surface area contributed by atoms with Gasteiger partial charge in [-0.05, 0) is 41.7 Å². The van der Waals surface area contributed by atoms with Crippen LogP contribution in [0.25, 0.3) is 11.4 Å². The number of hydrogen-bond acceptors (Lipinski definition) is 7. The van der Waals surface area contributed by atoms with Crippen LogP contribution in [0, 0.1) is 15.5 Å². The van der Waals surface area contributed by atoms with Crippen molar-refractivity contribution in [1.82, 2.24) is 19.7 Å². The molecule has 0 saturated heterocycles. The smallest absolute Gasteiger partial charge is 0.269 e. The van der Waals surface area contributed by atoms with E-state index in [-0.39, 0.29) is 16.9 Å². The Morgan fingerprint density at radius 3 is 2.52 bits per heavy atom. The summed E-state index contributed by atoms with van der Waals surface area (Å²) in [6, 6.07) is 9.42. The number of ketones is 1. The average molecular weight is 416 g/mol. The van der Waals surface area contributed by atoms with E-state index >= 15 is 0 Å². The molecule has 31 heavy (non-hydrogen) atoms. The molecule has 1 aromatic carbocycles. The summed E-state index contributed by atoms with van der Waals surface area (Å²) in [5.74, 6) is 1.11. The van der Waals surface area contributed by atoms with Crippen LogP contribution in [0.15, 0.2) is 60.1 Å². The van der Waals surface area contributed by atoms with Crippen molar-refractivity contribution in [2.24, 2.45) is 5.41 Å². The predicted molar refractivity (Wildman–Crippen MR) is 113 cm³/mol. The van der Waals surface area contributed by atoms with Crippen molar-refractivity contribution in [1.29, 1.82) is 0 Å². The summed E-state index contributed by atoms with van der Waals surface area (Å²) in [7, 11) is 0.